The zero-order valence-corrected chi connectivity index (χ0v) is 14.3. The molecule has 25 heavy (non-hydrogen) atoms. The molecule has 0 radical (unpaired) electrons. The van der Waals surface area contributed by atoms with Gasteiger partial charge in [-0.2, -0.15) is 0 Å². The Morgan fingerprint density at radius 2 is 1.64 bits per heavy atom. The van der Waals surface area contributed by atoms with E-state index in [9.17, 15) is 22.4 Å². The van der Waals surface area contributed by atoms with Crippen LogP contribution in [0.15, 0.2) is 47.4 Å². The number of sulfonamides is 1. The summed E-state index contributed by atoms with van der Waals surface area (Å²) >= 11 is 0. The predicted octanol–water partition coefficient (Wildman–Crippen LogP) is 2.21. The van der Waals surface area contributed by atoms with Gasteiger partial charge in [-0.15, -0.1) is 0 Å². The van der Waals surface area contributed by atoms with Crippen molar-refractivity contribution in [3.8, 4) is 0 Å². The molecule has 0 aliphatic rings. The lowest BCUT2D eigenvalue weighted by atomic mass is 10.1. The second-order valence-electron chi connectivity index (χ2n) is 5.44. The summed E-state index contributed by atoms with van der Waals surface area (Å²) in [5, 5.41) is 5.10. The molecule has 0 bridgehead atoms. The van der Waals surface area contributed by atoms with Crippen molar-refractivity contribution < 1.29 is 27.1 Å². The number of ketones is 1. The van der Waals surface area contributed by atoms with Crippen LogP contribution in [0.4, 0.5) is 4.39 Å². The normalized spacial score (nSPS) is 12.5. The number of benzene rings is 2. The fourth-order valence-electron chi connectivity index (χ4n) is 2.16. The maximum absolute atomic E-state index is 12.9. The number of hydrogen-bond acceptors (Lipinski definition) is 5. The van der Waals surface area contributed by atoms with Gasteiger partial charge in [-0.25, -0.2) is 22.7 Å². The summed E-state index contributed by atoms with van der Waals surface area (Å²) in [4.78, 5) is 24.2. The fraction of sp³-hybridized carbons (Fsp3) is 0.176. The number of esters is 1. The lowest BCUT2D eigenvalue weighted by Gasteiger charge is -2.13. The van der Waals surface area contributed by atoms with E-state index in [0.717, 1.165) is 18.2 Å². The van der Waals surface area contributed by atoms with E-state index in [-0.39, 0.29) is 16.0 Å². The van der Waals surface area contributed by atoms with Crippen molar-refractivity contribution in [2.45, 2.75) is 24.8 Å². The maximum atomic E-state index is 12.9. The van der Waals surface area contributed by atoms with E-state index in [1.165, 1.54) is 38.1 Å². The van der Waals surface area contributed by atoms with Crippen molar-refractivity contribution in [3.05, 3.63) is 65.0 Å². The second-order valence-corrected chi connectivity index (χ2v) is 6.97. The van der Waals surface area contributed by atoms with Gasteiger partial charge in [0.1, 0.15) is 5.82 Å². The van der Waals surface area contributed by atoms with E-state index in [4.69, 9.17) is 9.88 Å². The highest BCUT2D eigenvalue weighted by Gasteiger charge is 2.22. The van der Waals surface area contributed by atoms with Crippen molar-refractivity contribution in [1.82, 2.24) is 0 Å². The Kier molecular flexibility index (Phi) is 5.34. The van der Waals surface area contributed by atoms with E-state index in [0.29, 0.717) is 5.56 Å². The first-order valence-corrected chi connectivity index (χ1v) is 8.78. The third-order valence-electron chi connectivity index (χ3n) is 3.51. The van der Waals surface area contributed by atoms with E-state index >= 15 is 0 Å². The van der Waals surface area contributed by atoms with Gasteiger partial charge < -0.3 is 4.74 Å². The quantitative estimate of drug-likeness (QED) is 0.646. The molecule has 2 aromatic rings. The van der Waals surface area contributed by atoms with Gasteiger partial charge in [0, 0.05) is 5.56 Å². The average molecular weight is 365 g/mol. The third-order valence-corrected chi connectivity index (χ3v) is 4.57. The largest absolute Gasteiger partial charge is 0.451 e. The van der Waals surface area contributed by atoms with E-state index < -0.39 is 33.7 Å². The highest BCUT2D eigenvalue weighted by atomic mass is 32.2. The first kappa shape index (κ1) is 18.8. The molecule has 0 heterocycles. The third kappa shape index (κ3) is 4.49. The maximum Gasteiger partial charge on any atom is 0.338 e. The van der Waals surface area contributed by atoms with Gasteiger partial charge >= 0.3 is 5.97 Å². The monoisotopic (exact) mass is 365 g/mol. The minimum atomic E-state index is -3.99. The number of Topliss-reactive ketones (excluding diaryl/α,β-unsaturated/α-hetero) is 1. The van der Waals surface area contributed by atoms with Gasteiger partial charge in [-0.3, -0.25) is 4.79 Å². The van der Waals surface area contributed by atoms with Gasteiger partial charge in [-0.1, -0.05) is 6.07 Å². The van der Waals surface area contributed by atoms with Crippen molar-refractivity contribution >= 4 is 21.8 Å². The average Bonchev–Trinajstić information content (AvgIpc) is 2.54. The molecule has 0 fully saturated rings. The summed E-state index contributed by atoms with van der Waals surface area (Å²) in [5.41, 5.74) is 0.527. The van der Waals surface area contributed by atoms with E-state index in [1.54, 1.807) is 0 Å². The van der Waals surface area contributed by atoms with Crippen molar-refractivity contribution in [3.63, 3.8) is 0 Å². The zero-order chi connectivity index (χ0) is 18.8. The minimum Gasteiger partial charge on any atom is -0.451 e. The Bertz CT molecular complexity index is 923. The molecule has 0 amide bonds. The van der Waals surface area contributed by atoms with Gasteiger partial charge in [0.15, 0.2) is 6.10 Å². The number of halogens is 1. The molecule has 6 nitrogen and oxygen atoms in total. The van der Waals surface area contributed by atoms with E-state index in [2.05, 4.69) is 0 Å². The van der Waals surface area contributed by atoms with Crippen LogP contribution >= 0.6 is 0 Å². The summed E-state index contributed by atoms with van der Waals surface area (Å²) in [7, 11) is -3.99. The molecule has 132 valence electrons. The van der Waals surface area contributed by atoms with Crippen LogP contribution in [-0.2, 0) is 14.8 Å². The van der Waals surface area contributed by atoms with Crippen LogP contribution < -0.4 is 5.14 Å². The molecule has 0 spiro atoms. The Morgan fingerprint density at radius 3 is 2.20 bits per heavy atom. The van der Waals surface area contributed by atoms with Crippen molar-refractivity contribution in [1.29, 1.82) is 0 Å². The SMILES string of the molecule is Cc1ccc(C(=O)O[C@H](C)C(=O)c2ccc(F)cc2)cc1S(N)(=O)=O. The number of primary sulfonamides is 1. The van der Waals surface area contributed by atoms with Crippen molar-refractivity contribution in [2.24, 2.45) is 5.14 Å². The first-order chi connectivity index (χ1) is 11.6. The topological polar surface area (TPSA) is 104 Å². The molecular weight excluding hydrogens is 349 g/mol. The lowest BCUT2D eigenvalue weighted by molar-refractivity contribution is 0.0318. The van der Waals surface area contributed by atoms with Gasteiger partial charge in [0.25, 0.3) is 0 Å². The highest BCUT2D eigenvalue weighted by molar-refractivity contribution is 7.89. The summed E-state index contributed by atoms with van der Waals surface area (Å²) < 4.78 is 41.0. The standard InChI is InChI=1S/C17H16FNO5S/c1-10-3-4-13(9-15(10)25(19,22)23)17(21)24-11(2)16(20)12-5-7-14(18)8-6-12/h3-9,11H,1-2H3,(H2,19,22,23)/t11-/m1/s1. The van der Waals surface area contributed by atoms with Gasteiger partial charge in [0.2, 0.25) is 15.8 Å². The van der Waals surface area contributed by atoms with Crippen LogP contribution in [-0.4, -0.2) is 26.3 Å². The second kappa shape index (κ2) is 7.12. The summed E-state index contributed by atoms with van der Waals surface area (Å²) in [6.07, 6.45) is -1.13. The van der Waals surface area contributed by atoms with Crippen LogP contribution in [0.2, 0.25) is 0 Å². The Labute approximate surface area is 144 Å². The van der Waals surface area contributed by atoms with Crippen molar-refractivity contribution in [2.75, 3.05) is 0 Å². The number of carbonyl (C=O) groups excluding carboxylic acids is 2. The van der Waals surface area contributed by atoms with Gasteiger partial charge in [0.05, 0.1) is 10.5 Å². The molecule has 2 N–H and O–H groups in total. The predicted molar refractivity (Wildman–Crippen MR) is 88.2 cm³/mol. The lowest BCUT2D eigenvalue weighted by Crippen LogP contribution is -2.24. The Morgan fingerprint density at radius 1 is 1.08 bits per heavy atom. The molecule has 2 aromatic carbocycles. The summed E-state index contributed by atoms with van der Waals surface area (Å²) in [6.45, 7) is 2.91. The van der Waals surface area contributed by atoms with Crippen LogP contribution in [0.1, 0.15) is 33.2 Å². The van der Waals surface area contributed by atoms with Crippen LogP contribution in [0.25, 0.3) is 0 Å². The first-order valence-electron chi connectivity index (χ1n) is 7.24. The zero-order valence-electron chi connectivity index (χ0n) is 13.5. The number of hydrogen-bond donors (Lipinski definition) is 1. The molecule has 0 saturated carbocycles. The smallest absolute Gasteiger partial charge is 0.338 e. The molecule has 8 heteroatoms. The number of ether oxygens (including phenoxy) is 1. The molecule has 0 aliphatic carbocycles. The summed E-state index contributed by atoms with van der Waals surface area (Å²) in [5.74, 6) is -1.86. The molecule has 0 saturated heterocycles. The van der Waals surface area contributed by atoms with Crippen LogP contribution in [0.5, 0.6) is 0 Å². The molecule has 2 rings (SSSR count). The molecule has 0 aromatic heterocycles. The Hall–Kier alpha value is -2.58. The number of carbonyl (C=O) groups is 2. The molecule has 0 unspecified atom stereocenters. The van der Waals surface area contributed by atoms with Crippen LogP contribution in [0, 0.1) is 12.7 Å². The number of nitrogens with two attached hydrogens (primary N) is 1. The Balaban J connectivity index is 2.19. The minimum absolute atomic E-state index is 0.0478. The van der Waals surface area contributed by atoms with Crippen LogP contribution in [0.3, 0.4) is 0 Å². The fourth-order valence-corrected chi connectivity index (χ4v) is 2.97. The number of rotatable bonds is 5. The molecule has 0 aliphatic heterocycles. The molecule has 1 atom stereocenters. The number of aryl methyl sites for hydroxylation is 1. The molecular formula is C17H16FNO5S. The summed E-state index contributed by atoms with van der Waals surface area (Å²) in [6, 6.07) is 8.71. The van der Waals surface area contributed by atoms with E-state index in [1.807, 2.05) is 0 Å². The van der Waals surface area contributed by atoms with Gasteiger partial charge in [-0.05, 0) is 55.8 Å². The highest BCUT2D eigenvalue weighted by Crippen LogP contribution is 2.17.